The summed E-state index contributed by atoms with van der Waals surface area (Å²) >= 11 is 0. The van der Waals surface area contributed by atoms with E-state index in [1.807, 2.05) is 0 Å². The van der Waals surface area contributed by atoms with Crippen molar-refractivity contribution in [2.24, 2.45) is 0 Å². The monoisotopic (exact) mass is 267 g/mol. The van der Waals surface area contributed by atoms with Gasteiger partial charge in [-0.3, -0.25) is 9.59 Å². The first-order valence-corrected chi connectivity index (χ1v) is 4.51. The molecule has 7 nitrogen and oxygen atoms in total. The molecule has 0 aliphatic heterocycles. The highest BCUT2D eigenvalue weighted by Gasteiger charge is 2.38. The van der Waals surface area contributed by atoms with Crippen LogP contribution in [0.5, 0.6) is 0 Å². The van der Waals surface area contributed by atoms with Gasteiger partial charge in [-0.1, -0.05) is 0 Å². The number of carbonyl (C=O) groups excluding carboxylic acids is 1. The van der Waals surface area contributed by atoms with E-state index in [1.54, 1.807) is 0 Å². The average Bonchev–Trinajstić information content (AvgIpc) is 2.21. The van der Waals surface area contributed by atoms with Crippen molar-refractivity contribution in [2.75, 3.05) is 7.11 Å². The molecule has 10 heteroatoms. The van der Waals surface area contributed by atoms with Crippen LogP contribution in [-0.4, -0.2) is 27.4 Å². The summed E-state index contributed by atoms with van der Waals surface area (Å²) in [5.41, 5.74) is -4.80. The lowest BCUT2D eigenvalue weighted by molar-refractivity contribution is -0.144. The Morgan fingerprint density at radius 2 is 1.94 bits per heavy atom. The van der Waals surface area contributed by atoms with Crippen molar-refractivity contribution in [1.29, 1.82) is 0 Å². The van der Waals surface area contributed by atoms with Crippen LogP contribution < -0.4 is 11.2 Å². The summed E-state index contributed by atoms with van der Waals surface area (Å²) in [5.74, 6) is -1.05. The molecular formula is C8H8F3N3O4. The van der Waals surface area contributed by atoms with Gasteiger partial charge in [-0.2, -0.15) is 18.3 Å². The first-order chi connectivity index (χ1) is 8.20. The Morgan fingerprint density at radius 3 is 2.33 bits per heavy atom. The molecule has 1 aromatic rings. The molecule has 0 saturated heterocycles. The number of hydrogen-bond donors (Lipinski definition) is 0. The van der Waals surface area contributed by atoms with Crippen molar-refractivity contribution >= 4 is 5.91 Å². The average molecular weight is 267 g/mol. The zero-order chi connectivity index (χ0) is 14.1. The Bertz CT molecular complexity index is 587. The number of methoxy groups -OCH3 is 1. The van der Waals surface area contributed by atoms with Gasteiger partial charge in [0.2, 0.25) is 11.6 Å². The van der Waals surface area contributed by atoms with Crippen LogP contribution >= 0.6 is 0 Å². The number of hydrogen-bond acceptors (Lipinski definition) is 5. The molecule has 0 aromatic carbocycles. The summed E-state index contributed by atoms with van der Waals surface area (Å²) in [5, 5.41) is 2.73. The third kappa shape index (κ3) is 2.47. The molecule has 0 atom stereocenters. The predicted molar refractivity (Wildman–Crippen MR) is 51.1 cm³/mol. The van der Waals surface area contributed by atoms with Gasteiger partial charge >= 0.3 is 11.9 Å². The Kier molecular flexibility index (Phi) is 3.70. The maximum absolute atomic E-state index is 12.5. The smallest absolute Gasteiger partial charge is 0.364 e. The van der Waals surface area contributed by atoms with Gasteiger partial charge in [-0.05, 0) is 0 Å². The summed E-state index contributed by atoms with van der Waals surface area (Å²) in [6, 6.07) is 0. The van der Waals surface area contributed by atoms with Gasteiger partial charge < -0.3 is 4.74 Å². The molecule has 0 spiro atoms. The summed E-state index contributed by atoms with van der Waals surface area (Å²) in [4.78, 5) is 33.9. The second kappa shape index (κ2) is 4.72. The largest absolute Gasteiger partial charge is 0.440 e. The molecule has 1 aromatic heterocycles. The predicted octanol–water partition coefficient (Wildman–Crippen LogP) is -0.312. The van der Waals surface area contributed by atoms with Crippen LogP contribution in [0.25, 0.3) is 0 Å². The molecule has 1 rings (SSSR count). The standard InChI is InChI=1S/C8H8F3N3O4/c1-4(15)14-7(17)13(3-18-2)6(16)5(12-14)8(9,10)11/h3H2,1-2H3. The number of ether oxygens (including phenoxy) is 1. The van der Waals surface area contributed by atoms with Gasteiger partial charge in [0.15, 0.2) is 0 Å². The lowest BCUT2D eigenvalue weighted by Crippen LogP contribution is -2.47. The minimum absolute atomic E-state index is 0.0384. The molecule has 100 valence electrons. The molecular weight excluding hydrogens is 259 g/mol. The normalized spacial score (nSPS) is 11.6. The third-order valence-corrected chi connectivity index (χ3v) is 1.88. The van der Waals surface area contributed by atoms with E-state index in [0.717, 1.165) is 14.0 Å². The molecule has 18 heavy (non-hydrogen) atoms. The fraction of sp³-hybridized carbons (Fsp3) is 0.500. The molecule has 0 radical (unpaired) electrons. The molecule has 0 N–H and O–H groups in total. The van der Waals surface area contributed by atoms with E-state index < -0.39 is 35.8 Å². The van der Waals surface area contributed by atoms with Gasteiger partial charge in [0.25, 0.3) is 5.56 Å². The number of carbonyl (C=O) groups is 1. The van der Waals surface area contributed by atoms with Crippen LogP contribution in [0.15, 0.2) is 9.59 Å². The molecule has 0 aliphatic rings. The minimum atomic E-state index is -5.07. The van der Waals surface area contributed by atoms with E-state index in [9.17, 15) is 27.6 Å². The zero-order valence-electron chi connectivity index (χ0n) is 9.32. The van der Waals surface area contributed by atoms with Crippen molar-refractivity contribution < 1.29 is 22.7 Å². The van der Waals surface area contributed by atoms with Crippen LogP contribution in [0.3, 0.4) is 0 Å². The lowest BCUT2D eigenvalue weighted by atomic mass is 10.4. The van der Waals surface area contributed by atoms with Crippen LogP contribution in [0.4, 0.5) is 13.2 Å². The molecule has 0 bridgehead atoms. The van der Waals surface area contributed by atoms with Crippen LogP contribution in [0, 0.1) is 0 Å². The number of alkyl halides is 3. The molecule has 0 unspecified atom stereocenters. The first kappa shape index (κ1) is 14.1. The lowest BCUT2D eigenvalue weighted by Gasteiger charge is -2.10. The quantitative estimate of drug-likeness (QED) is 0.733. The van der Waals surface area contributed by atoms with E-state index in [1.165, 1.54) is 0 Å². The second-order valence-electron chi connectivity index (χ2n) is 3.21. The van der Waals surface area contributed by atoms with Gasteiger partial charge in [0, 0.05) is 14.0 Å². The highest BCUT2D eigenvalue weighted by atomic mass is 19.4. The number of halogens is 3. The zero-order valence-corrected chi connectivity index (χ0v) is 9.32. The Balaban J connectivity index is 3.73. The molecule has 0 amide bonds. The summed E-state index contributed by atoms with van der Waals surface area (Å²) < 4.78 is 42.0. The van der Waals surface area contributed by atoms with Crippen molar-refractivity contribution in [3.63, 3.8) is 0 Å². The van der Waals surface area contributed by atoms with E-state index in [0.29, 0.717) is 0 Å². The fourth-order valence-electron chi connectivity index (χ4n) is 1.14. The van der Waals surface area contributed by atoms with Gasteiger partial charge in [0.1, 0.15) is 6.73 Å². The van der Waals surface area contributed by atoms with Crippen molar-refractivity contribution in [3.05, 3.63) is 26.5 Å². The number of nitrogens with zero attached hydrogens (tertiary/aromatic N) is 3. The summed E-state index contributed by atoms with van der Waals surface area (Å²) in [6.45, 7) is 0.132. The summed E-state index contributed by atoms with van der Waals surface area (Å²) in [6.07, 6.45) is -5.07. The van der Waals surface area contributed by atoms with Gasteiger partial charge in [-0.15, -0.1) is 4.68 Å². The van der Waals surface area contributed by atoms with Crippen molar-refractivity contribution in [1.82, 2.24) is 14.3 Å². The highest BCUT2D eigenvalue weighted by Crippen LogP contribution is 2.23. The SMILES string of the molecule is COCn1c(=O)c(C(F)(F)F)nn(C(C)=O)c1=O. The maximum Gasteiger partial charge on any atom is 0.440 e. The first-order valence-electron chi connectivity index (χ1n) is 4.51. The van der Waals surface area contributed by atoms with Crippen molar-refractivity contribution in [3.8, 4) is 0 Å². The maximum atomic E-state index is 12.5. The molecule has 0 fully saturated rings. The van der Waals surface area contributed by atoms with Crippen molar-refractivity contribution in [2.45, 2.75) is 19.8 Å². The Labute approximate surface area is 97.4 Å². The van der Waals surface area contributed by atoms with E-state index in [-0.39, 0.29) is 9.25 Å². The van der Waals surface area contributed by atoms with Crippen LogP contribution in [0.1, 0.15) is 17.4 Å². The van der Waals surface area contributed by atoms with E-state index in [4.69, 9.17) is 0 Å². The second-order valence-corrected chi connectivity index (χ2v) is 3.21. The topological polar surface area (TPSA) is 83.2 Å². The van der Waals surface area contributed by atoms with E-state index >= 15 is 0 Å². The fourth-order valence-corrected chi connectivity index (χ4v) is 1.14. The van der Waals surface area contributed by atoms with Crippen LogP contribution in [0.2, 0.25) is 0 Å². The molecule has 0 aliphatic carbocycles. The molecule has 1 heterocycles. The third-order valence-electron chi connectivity index (χ3n) is 1.88. The number of rotatable bonds is 2. The minimum Gasteiger partial charge on any atom is -0.364 e. The van der Waals surface area contributed by atoms with Gasteiger partial charge in [-0.25, -0.2) is 9.36 Å². The van der Waals surface area contributed by atoms with Crippen LogP contribution in [-0.2, 0) is 17.6 Å². The number of aromatic nitrogens is 3. The van der Waals surface area contributed by atoms with E-state index in [2.05, 4.69) is 9.84 Å². The summed E-state index contributed by atoms with van der Waals surface area (Å²) in [7, 11) is 1.08. The highest BCUT2D eigenvalue weighted by molar-refractivity contribution is 5.74. The Hall–Kier alpha value is -1.97. The van der Waals surface area contributed by atoms with Gasteiger partial charge in [0.05, 0.1) is 0 Å². The Morgan fingerprint density at radius 1 is 1.39 bits per heavy atom. The molecule has 0 saturated carbocycles.